The summed E-state index contributed by atoms with van der Waals surface area (Å²) in [4.78, 5) is 26.1. The summed E-state index contributed by atoms with van der Waals surface area (Å²) >= 11 is 5.76. The number of halogens is 2. The van der Waals surface area contributed by atoms with Gasteiger partial charge in [0.05, 0.1) is 4.90 Å². The summed E-state index contributed by atoms with van der Waals surface area (Å²) in [6.07, 6.45) is -0.207. The summed E-state index contributed by atoms with van der Waals surface area (Å²) in [5, 5.41) is 18.3. The first-order chi connectivity index (χ1) is 13.5. The van der Waals surface area contributed by atoms with Gasteiger partial charge in [0.25, 0.3) is 11.8 Å². The van der Waals surface area contributed by atoms with Crippen LogP contribution in [0.3, 0.4) is 0 Å². The summed E-state index contributed by atoms with van der Waals surface area (Å²) < 4.78 is 36.4. The third kappa shape index (κ3) is 4.40. The van der Waals surface area contributed by atoms with Gasteiger partial charge in [-0.3, -0.25) is 9.59 Å². The number of rotatable bonds is 5. The number of sulfonamides is 1. The van der Waals surface area contributed by atoms with Crippen molar-refractivity contribution in [1.82, 2.24) is 5.32 Å². The van der Waals surface area contributed by atoms with Crippen molar-refractivity contribution in [3.63, 3.8) is 0 Å². The molecule has 0 bridgehead atoms. The van der Waals surface area contributed by atoms with Crippen LogP contribution in [0.5, 0.6) is 0 Å². The number of aliphatic hydroxyl groups is 1. The number of carbonyl (C=O) groups is 2. The molecule has 0 radical (unpaired) electrons. The normalized spacial score (nSPS) is 19.4. The number of benzene rings is 2. The molecule has 0 saturated carbocycles. The van der Waals surface area contributed by atoms with E-state index in [2.05, 4.69) is 5.32 Å². The minimum Gasteiger partial charge on any atom is -0.372 e. The molecule has 1 aliphatic heterocycles. The van der Waals surface area contributed by atoms with E-state index in [0.29, 0.717) is 5.56 Å². The topological polar surface area (TPSA) is 130 Å². The van der Waals surface area contributed by atoms with Gasteiger partial charge in [0.2, 0.25) is 15.6 Å². The number of primary sulfonamides is 1. The Bertz CT molecular complexity index is 1070. The zero-order valence-corrected chi connectivity index (χ0v) is 16.5. The van der Waals surface area contributed by atoms with Gasteiger partial charge in [-0.05, 0) is 42.0 Å². The molecule has 2 aromatic rings. The molecule has 1 aliphatic rings. The zero-order valence-electron chi connectivity index (χ0n) is 14.9. The van der Waals surface area contributed by atoms with Crippen molar-refractivity contribution in [2.75, 3.05) is 11.4 Å². The van der Waals surface area contributed by atoms with E-state index in [0.717, 1.165) is 17.0 Å². The van der Waals surface area contributed by atoms with Crippen molar-refractivity contribution >= 4 is 39.1 Å². The largest absolute Gasteiger partial charge is 0.372 e. The molecule has 4 N–H and O–H groups in total. The summed E-state index contributed by atoms with van der Waals surface area (Å²) in [6.45, 7) is -0.157. The molecule has 1 saturated heterocycles. The van der Waals surface area contributed by atoms with Gasteiger partial charge >= 0.3 is 0 Å². The highest BCUT2D eigenvalue weighted by atomic mass is 35.5. The maximum atomic E-state index is 13.4. The highest BCUT2D eigenvalue weighted by Gasteiger charge is 2.51. The first kappa shape index (κ1) is 21.2. The molecule has 0 spiro atoms. The molecule has 1 heterocycles. The highest BCUT2D eigenvalue weighted by Crippen LogP contribution is 2.30. The molecular formula is C18H17ClFN3O5S. The minimum absolute atomic E-state index is 0.0113. The molecule has 2 amide bonds. The van der Waals surface area contributed by atoms with Gasteiger partial charge in [-0.2, -0.15) is 0 Å². The second-order valence-electron chi connectivity index (χ2n) is 6.57. The van der Waals surface area contributed by atoms with Crippen LogP contribution in [0, 0.1) is 5.82 Å². The Kier molecular flexibility index (Phi) is 5.63. The quantitative estimate of drug-likeness (QED) is 0.594. The third-order valence-electron chi connectivity index (χ3n) is 4.51. The molecule has 0 aromatic heterocycles. The van der Waals surface area contributed by atoms with Crippen LogP contribution in [0.25, 0.3) is 0 Å². The van der Waals surface area contributed by atoms with E-state index in [1.54, 1.807) is 0 Å². The number of nitrogens with one attached hydrogen (secondary N) is 1. The van der Waals surface area contributed by atoms with Gasteiger partial charge in [-0.15, -0.1) is 0 Å². The van der Waals surface area contributed by atoms with E-state index in [-0.39, 0.29) is 35.1 Å². The smallest absolute Gasteiger partial charge is 0.268 e. The summed E-state index contributed by atoms with van der Waals surface area (Å²) in [7, 11) is -3.98. The third-order valence-corrected chi connectivity index (χ3v) is 5.63. The summed E-state index contributed by atoms with van der Waals surface area (Å²) in [5.41, 5.74) is -1.80. The van der Waals surface area contributed by atoms with Crippen molar-refractivity contribution in [2.45, 2.75) is 23.5 Å². The SMILES string of the molecule is NS(=O)(=O)c1cccc(N2CCC(O)(C(=O)NCc3cc(F)cc(Cl)c3)C2=O)c1. The number of hydrogen-bond acceptors (Lipinski definition) is 5. The van der Waals surface area contributed by atoms with Gasteiger partial charge in [0.15, 0.2) is 0 Å². The molecule has 29 heavy (non-hydrogen) atoms. The molecule has 8 nitrogen and oxygen atoms in total. The Hall–Kier alpha value is -2.53. The van der Waals surface area contributed by atoms with Gasteiger partial charge in [0.1, 0.15) is 5.82 Å². The Morgan fingerprint density at radius 2 is 2.03 bits per heavy atom. The van der Waals surface area contributed by atoms with E-state index < -0.39 is 33.3 Å². The number of nitrogens with two attached hydrogens (primary N) is 1. The second-order valence-corrected chi connectivity index (χ2v) is 8.57. The predicted molar refractivity (Wildman–Crippen MR) is 103 cm³/mol. The molecule has 1 fully saturated rings. The van der Waals surface area contributed by atoms with Gasteiger partial charge in [-0.1, -0.05) is 17.7 Å². The number of anilines is 1. The van der Waals surface area contributed by atoms with E-state index in [1.165, 1.54) is 30.3 Å². The Balaban J connectivity index is 1.76. The average molecular weight is 442 g/mol. The van der Waals surface area contributed by atoms with E-state index in [1.807, 2.05) is 0 Å². The fourth-order valence-corrected chi connectivity index (χ4v) is 3.83. The summed E-state index contributed by atoms with van der Waals surface area (Å²) in [6, 6.07) is 9.02. The van der Waals surface area contributed by atoms with E-state index in [9.17, 15) is 27.5 Å². The monoisotopic (exact) mass is 441 g/mol. The average Bonchev–Trinajstić information content (AvgIpc) is 2.94. The van der Waals surface area contributed by atoms with Crippen LogP contribution in [0.15, 0.2) is 47.4 Å². The minimum atomic E-state index is -3.98. The van der Waals surface area contributed by atoms with Crippen LogP contribution in [0.4, 0.5) is 10.1 Å². The lowest BCUT2D eigenvalue weighted by atomic mass is 10.0. The predicted octanol–water partition coefficient (Wildman–Crippen LogP) is 0.911. The maximum Gasteiger partial charge on any atom is 0.268 e. The zero-order chi connectivity index (χ0) is 21.4. The number of amides is 2. The Morgan fingerprint density at radius 3 is 2.69 bits per heavy atom. The van der Waals surface area contributed by atoms with Crippen LogP contribution in [0.2, 0.25) is 5.02 Å². The fourth-order valence-electron chi connectivity index (χ4n) is 3.03. The number of carbonyl (C=O) groups excluding carboxylic acids is 2. The fraction of sp³-hybridized carbons (Fsp3) is 0.222. The van der Waals surface area contributed by atoms with E-state index in [4.69, 9.17) is 16.7 Å². The van der Waals surface area contributed by atoms with E-state index >= 15 is 0 Å². The van der Waals surface area contributed by atoms with Crippen molar-refractivity contribution in [1.29, 1.82) is 0 Å². The molecule has 11 heteroatoms. The molecule has 2 aromatic carbocycles. The van der Waals surface area contributed by atoms with Crippen LogP contribution in [0.1, 0.15) is 12.0 Å². The Labute approximate surface area is 171 Å². The first-order valence-electron chi connectivity index (χ1n) is 8.41. The molecule has 3 rings (SSSR count). The Morgan fingerprint density at radius 1 is 1.31 bits per heavy atom. The van der Waals surface area contributed by atoms with Crippen LogP contribution >= 0.6 is 11.6 Å². The number of hydrogen-bond donors (Lipinski definition) is 3. The highest BCUT2D eigenvalue weighted by molar-refractivity contribution is 7.89. The van der Waals surface area contributed by atoms with Gasteiger partial charge < -0.3 is 15.3 Å². The lowest BCUT2D eigenvalue weighted by Crippen LogP contribution is -2.52. The first-order valence-corrected chi connectivity index (χ1v) is 10.3. The van der Waals surface area contributed by atoms with Crippen molar-refractivity contribution < 1.29 is 27.5 Å². The second kappa shape index (κ2) is 7.71. The van der Waals surface area contributed by atoms with Gasteiger partial charge in [0, 0.05) is 30.2 Å². The van der Waals surface area contributed by atoms with Crippen molar-refractivity contribution in [2.24, 2.45) is 5.14 Å². The molecule has 0 aliphatic carbocycles. The lowest BCUT2D eigenvalue weighted by molar-refractivity contribution is -0.149. The molecule has 1 unspecified atom stereocenters. The van der Waals surface area contributed by atoms with Crippen LogP contribution < -0.4 is 15.4 Å². The van der Waals surface area contributed by atoms with Crippen LogP contribution in [-0.2, 0) is 26.2 Å². The standard InChI is InChI=1S/C18H17ClFN3O5S/c19-12-6-11(7-13(20)8-12)10-22-16(24)18(26)4-5-23(17(18)25)14-2-1-3-15(9-14)29(21,27)28/h1-3,6-9,26H,4-5,10H2,(H,22,24)(H2,21,27,28). The molecule has 1 atom stereocenters. The van der Waals surface area contributed by atoms with Crippen molar-refractivity contribution in [3.8, 4) is 0 Å². The maximum absolute atomic E-state index is 13.4. The lowest BCUT2D eigenvalue weighted by Gasteiger charge is -2.22. The number of nitrogens with zero attached hydrogens (tertiary/aromatic N) is 1. The van der Waals surface area contributed by atoms with Crippen molar-refractivity contribution in [3.05, 3.63) is 58.9 Å². The van der Waals surface area contributed by atoms with Gasteiger partial charge in [-0.25, -0.2) is 17.9 Å². The molecule has 154 valence electrons. The summed E-state index contributed by atoms with van der Waals surface area (Å²) in [5.74, 6) is -2.44. The van der Waals surface area contributed by atoms with Crippen LogP contribution in [-0.4, -0.2) is 37.5 Å². The molecular weight excluding hydrogens is 425 g/mol.